The topological polar surface area (TPSA) is 62.7 Å². The number of nitrogens with one attached hydrogen (secondary N) is 2. The molecule has 0 radical (unpaired) electrons. The van der Waals surface area contributed by atoms with Crippen LogP contribution in [0.25, 0.3) is 0 Å². The molecule has 0 aliphatic heterocycles. The maximum atomic E-state index is 12.6. The highest BCUT2D eigenvalue weighted by atomic mass is 19.4. The maximum absolute atomic E-state index is 12.6. The molecular formula is C18H16F3N5. The Morgan fingerprint density at radius 2 is 1.65 bits per heavy atom. The van der Waals surface area contributed by atoms with Gasteiger partial charge in [0, 0.05) is 11.4 Å². The summed E-state index contributed by atoms with van der Waals surface area (Å²) in [4.78, 5) is 4.29. The Labute approximate surface area is 148 Å². The first kappa shape index (κ1) is 17.7. The molecule has 134 valence electrons. The Bertz CT molecular complexity index is 907. The second-order valence-electron chi connectivity index (χ2n) is 5.81. The van der Waals surface area contributed by atoms with Crippen LogP contribution in [0.15, 0.2) is 48.7 Å². The van der Waals surface area contributed by atoms with Crippen molar-refractivity contribution in [2.45, 2.75) is 20.0 Å². The standard InChI is InChI=1S/C18H16F3N5/c1-11-3-4-12(2)15(9-11)24-17-25-16(10-22-26-17)23-14-7-5-13(6-8-14)18(19,20)21/h3-10H,1-2H3,(H2,23,24,25,26). The summed E-state index contributed by atoms with van der Waals surface area (Å²) in [6.45, 7) is 3.94. The van der Waals surface area contributed by atoms with Gasteiger partial charge in [0.25, 0.3) is 0 Å². The van der Waals surface area contributed by atoms with Gasteiger partial charge in [-0.2, -0.15) is 23.3 Å². The zero-order valence-electron chi connectivity index (χ0n) is 14.1. The number of halogens is 3. The quantitative estimate of drug-likeness (QED) is 0.687. The summed E-state index contributed by atoms with van der Waals surface area (Å²) >= 11 is 0. The van der Waals surface area contributed by atoms with E-state index in [-0.39, 0.29) is 5.95 Å². The fraction of sp³-hybridized carbons (Fsp3) is 0.167. The third-order valence-corrected chi connectivity index (χ3v) is 3.68. The van der Waals surface area contributed by atoms with E-state index in [1.807, 2.05) is 32.0 Å². The van der Waals surface area contributed by atoms with Crippen molar-refractivity contribution in [3.8, 4) is 0 Å². The molecule has 0 aliphatic rings. The van der Waals surface area contributed by atoms with Crippen LogP contribution in [0.4, 0.5) is 36.3 Å². The third kappa shape index (κ3) is 4.27. The van der Waals surface area contributed by atoms with Crippen LogP contribution < -0.4 is 10.6 Å². The summed E-state index contributed by atoms with van der Waals surface area (Å²) in [6, 6.07) is 10.6. The monoisotopic (exact) mass is 359 g/mol. The highest BCUT2D eigenvalue weighted by molar-refractivity contribution is 5.61. The molecule has 3 rings (SSSR count). The number of benzene rings is 2. The molecule has 0 atom stereocenters. The number of rotatable bonds is 4. The number of anilines is 4. The van der Waals surface area contributed by atoms with Gasteiger partial charge in [-0.05, 0) is 55.3 Å². The van der Waals surface area contributed by atoms with Crippen LogP contribution in [0.1, 0.15) is 16.7 Å². The molecule has 0 bridgehead atoms. The number of nitrogens with zero attached hydrogens (tertiary/aromatic N) is 3. The van der Waals surface area contributed by atoms with Crippen LogP contribution in [0, 0.1) is 13.8 Å². The van der Waals surface area contributed by atoms with E-state index >= 15 is 0 Å². The number of hydrogen-bond donors (Lipinski definition) is 2. The smallest absolute Gasteiger partial charge is 0.339 e. The highest BCUT2D eigenvalue weighted by Gasteiger charge is 2.29. The van der Waals surface area contributed by atoms with Gasteiger partial charge >= 0.3 is 6.18 Å². The average molecular weight is 359 g/mol. The van der Waals surface area contributed by atoms with E-state index in [2.05, 4.69) is 25.8 Å². The molecule has 0 aliphatic carbocycles. The van der Waals surface area contributed by atoms with Crippen LogP contribution >= 0.6 is 0 Å². The maximum Gasteiger partial charge on any atom is 0.416 e. The van der Waals surface area contributed by atoms with E-state index in [1.165, 1.54) is 18.3 Å². The first-order chi connectivity index (χ1) is 12.3. The van der Waals surface area contributed by atoms with Gasteiger partial charge < -0.3 is 10.6 Å². The zero-order chi connectivity index (χ0) is 18.7. The Morgan fingerprint density at radius 3 is 2.35 bits per heavy atom. The van der Waals surface area contributed by atoms with Gasteiger partial charge in [-0.3, -0.25) is 0 Å². The average Bonchev–Trinajstić information content (AvgIpc) is 2.58. The number of aromatic nitrogens is 3. The van der Waals surface area contributed by atoms with E-state index in [9.17, 15) is 13.2 Å². The van der Waals surface area contributed by atoms with Crippen molar-refractivity contribution in [1.29, 1.82) is 0 Å². The first-order valence-corrected chi connectivity index (χ1v) is 7.79. The molecule has 1 aromatic heterocycles. The summed E-state index contributed by atoms with van der Waals surface area (Å²) < 4.78 is 37.8. The molecule has 0 fully saturated rings. The fourth-order valence-electron chi connectivity index (χ4n) is 2.30. The van der Waals surface area contributed by atoms with Gasteiger partial charge in [0.1, 0.15) is 0 Å². The lowest BCUT2D eigenvalue weighted by atomic mass is 10.1. The molecule has 0 unspecified atom stereocenters. The highest BCUT2D eigenvalue weighted by Crippen LogP contribution is 2.30. The molecule has 0 amide bonds. The predicted molar refractivity (Wildman–Crippen MR) is 93.8 cm³/mol. The van der Waals surface area contributed by atoms with Crippen molar-refractivity contribution in [2.24, 2.45) is 0 Å². The number of alkyl halides is 3. The first-order valence-electron chi connectivity index (χ1n) is 7.79. The van der Waals surface area contributed by atoms with Crippen molar-refractivity contribution < 1.29 is 13.2 Å². The Hall–Kier alpha value is -3.16. The van der Waals surface area contributed by atoms with Crippen molar-refractivity contribution in [3.63, 3.8) is 0 Å². The lowest BCUT2D eigenvalue weighted by Gasteiger charge is -2.11. The minimum Gasteiger partial charge on any atom is -0.339 e. The summed E-state index contributed by atoms with van der Waals surface area (Å²) in [6.07, 6.45) is -2.97. The second-order valence-corrected chi connectivity index (χ2v) is 5.81. The van der Waals surface area contributed by atoms with Gasteiger partial charge in [0.15, 0.2) is 5.82 Å². The zero-order valence-corrected chi connectivity index (χ0v) is 14.1. The third-order valence-electron chi connectivity index (χ3n) is 3.68. The minimum absolute atomic E-state index is 0.288. The van der Waals surface area contributed by atoms with Crippen molar-refractivity contribution in [3.05, 3.63) is 65.4 Å². The molecule has 5 nitrogen and oxygen atoms in total. The van der Waals surface area contributed by atoms with E-state index in [0.717, 1.165) is 28.9 Å². The normalized spacial score (nSPS) is 11.3. The van der Waals surface area contributed by atoms with E-state index < -0.39 is 11.7 Å². The largest absolute Gasteiger partial charge is 0.416 e. The number of aryl methyl sites for hydroxylation is 2. The van der Waals surface area contributed by atoms with Gasteiger partial charge in [-0.1, -0.05) is 12.1 Å². The molecule has 3 aromatic rings. The van der Waals surface area contributed by atoms with Crippen LogP contribution in [0.5, 0.6) is 0 Å². The summed E-state index contributed by atoms with van der Waals surface area (Å²) in [5.41, 5.74) is 2.74. The molecule has 8 heteroatoms. The van der Waals surface area contributed by atoms with Crippen LogP contribution in [0.3, 0.4) is 0 Å². The fourth-order valence-corrected chi connectivity index (χ4v) is 2.30. The molecule has 0 saturated carbocycles. The van der Waals surface area contributed by atoms with Crippen LogP contribution in [0.2, 0.25) is 0 Å². The lowest BCUT2D eigenvalue weighted by molar-refractivity contribution is -0.137. The molecule has 0 saturated heterocycles. The SMILES string of the molecule is Cc1ccc(C)c(Nc2nncc(Nc3ccc(C(F)(F)F)cc3)n2)c1. The molecule has 26 heavy (non-hydrogen) atoms. The second kappa shape index (κ2) is 6.99. The van der Waals surface area contributed by atoms with Gasteiger partial charge in [-0.25, -0.2) is 0 Å². The number of hydrogen-bond acceptors (Lipinski definition) is 5. The summed E-state index contributed by atoms with van der Waals surface area (Å²) in [5, 5.41) is 13.8. The molecule has 0 spiro atoms. The Balaban J connectivity index is 1.76. The Morgan fingerprint density at radius 1 is 0.923 bits per heavy atom. The molecule has 2 N–H and O–H groups in total. The summed E-state index contributed by atoms with van der Waals surface area (Å²) in [7, 11) is 0. The van der Waals surface area contributed by atoms with E-state index in [1.54, 1.807) is 0 Å². The molecule has 1 heterocycles. The minimum atomic E-state index is -4.36. The van der Waals surface area contributed by atoms with Gasteiger partial charge in [0.05, 0.1) is 11.8 Å². The van der Waals surface area contributed by atoms with Crippen LogP contribution in [-0.2, 0) is 6.18 Å². The van der Waals surface area contributed by atoms with E-state index in [0.29, 0.717) is 11.5 Å². The van der Waals surface area contributed by atoms with Crippen molar-refractivity contribution >= 4 is 23.1 Å². The van der Waals surface area contributed by atoms with E-state index in [4.69, 9.17) is 0 Å². The predicted octanol–water partition coefficient (Wildman–Crippen LogP) is 4.99. The summed E-state index contributed by atoms with van der Waals surface area (Å²) in [5.74, 6) is 0.656. The molecular weight excluding hydrogens is 343 g/mol. The van der Waals surface area contributed by atoms with Crippen molar-refractivity contribution in [2.75, 3.05) is 10.6 Å². The van der Waals surface area contributed by atoms with Gasteiger partial charge in [0.2, 0.25) is 5.95 Å². The van der Waals surface area contributed by atoms with Crippen molar-refractivity contribution in [1.82, 2.24) is 15.2 Å². The van der Waals surface area contributed by atoms with Gasteiger partial charge in [-0.15, -0.1) is 5.10 Å². The lowest BCUT2D eigenvalue weighted by Crippen LogP contribution is -2.05. The molecule has 2 aromatic carbocycles. The van der Waals surface area contributed by atoms with Crippen LogP contribution in [-0.4, -0.2) is 15.2 Å². The Kier molecular flexibility index (Phi) is 4.75.